The topological polar surface area (TPSA) is 56.7 Å². The smallest absolute Gasteiger partial charge is 0.147 e. The van der Waals surface area contributed by atoms with Crippen LogP contribution < -0.4 is 5.73 Å². The Labute approximate surface area is 88.8 Å². The molecule has 0 aliphatic heterocycles. The summed E-state index contributed by atoms with van der Waals surface area (Å²) in [6.07, 6.45) is 2.63. The fraction of sp³-hybridized carbons (Fsp3) is 0.273. The highest BCUT2D eigenvalue weighted by Gasteiger charge is 1.98. The first-order chi connectivity index (χ1) is 7.29. The highest BCUT2D eigenvalue weighted by molar-refractivity contribution is 5.33. The molecule has 78 valence electrons. The van der Waals surface area contributed by atoms with Gasteiger partial charge in [-0.25, -0.2) is 9.67 Å². The summed E-state index contributed by atoms with van der Waals surface area (Å²) in [6, 6.07) is 8.19. The Bertz CT molecular complexity index is 430. The second-order valence-corrected chi connectivity index (χ2v) is 3.44. The minimum absolute atomic E-state index is 0.682. The molecule has 2 aromatic rings. The zero-order chi connectivity index (χ0) is 10.7. The van der Waals surface area contributed by atoms with Gasteiger partial charge in [-0.05, 0) is 37.6 Å². The second-order valence-electron chi connectivity index (χ2n) is 3.44. The molecule has 15 heavy (non-hydrogen) atoms. The van der Waals surface area contributed by atoms with Crippen molar-refractivity contribution in [1.82, 2.24) is 14.8 Å². The van der Waals surface area contributed by atoms with Crippen LogP contribution >= 0.6 is 0 Å². The predicted octanol–water partition coefficient (Wildman–Crippen LogP) is 1.08. The molecule has 0 fully saturated rings. The molecule has 0 unspecified atom stereocenters. The number of nitrogens with two attached hydrogens (primary N) is 1. The van der Waals surface area contributed by atoms with Crippen molar-refractivity contribution in [3.05, 3.63) is 42.0 Å². The molecule has 4 heteroatoms. The van der Waals surface area contributed by atoms with Crippen LogP contribution in [0.1, 0.15) is 11.4 Å². The fourth-order valence-electron chi connectivity index (χ4n) is 1.45. The van der Waals surface area contributed by atoms with E-state index in [1.165, 1.54) is 5.56 Å². The van der Waals surface area contributed by atoms with Crippen LogP contribution in [0.2, 0.25) is 0 Å². The van der Waals surface area contributed by atoms with Gasteiger partial charge in [0.25, 0.3) is 0 Å². The molecular weight excluding hydrogens is 188 g/mol. The van der Waals surface area contributed by atoms with E-state index in [0.717, 1.165) is 17.9 Å². The van der Waals surface area contributed by atoms with Crippen LogP contribution in [0.25, 0.3) is 5.69 Å². The molecule has 0 aliphatic rings. The van der Waals surface area contributed by atoms with Crippen LogP contribution in [0.3, 0.4) is 0 Å². The van der Waals surface area contributed by atoms with E-state index in [1.807, 2.05) is 19.1 Å². The minimum Gasteiger partial charge on any atom is -0.330 e. The van der Waals surface area contributed by atoms with Gasteiger partial charge in [-0.3, -0.25) is 0 Å². The van der Waals surface area contributed by atoms with Gasteiger partial charge in [0.15, 0.2) is 0 Å². The molecule has 0 aliphatic carbocycles. The molecule has 1 heterocycles. The normalized spacial score (nSPS) is 10.5. The third-order valence-electron chi connectivity index (χ3n) is 2.24. The minimum atomic E-state index is 0.682. The molecule has 0 saturated carbocycles. The van der Waals surface area contributed by atoms with Crippen LogP contribution in [-0.4, -0.2) is 21.3 Å². The van der Waals surface area contributed by atoms with Crippen molar-refractivity contribution in [3.8, 4) is 5.69 Å². The molecule has 0 bridgehead atoms. The lowest BCUT2D eigenvalue weighted by Crippen LogP contribution is -2.03. The molecule has 0 atom stereocenters. The molecule has 0 saturated heterocycles. The molecule has 4 nitrogen and oxygen atoms in total. The summed E-state index contributed by atoms with van der Waals surface area (Å²) in [5.41, 5.74) is 7.76. The third kappa shape index (κ3) is 2.22. The maximum absolute atomic E-state index is 5.49. The molecule has 2 rings (SSSR count). The highest BCUT2D eigenvalue weighted by atomic mass is 15.3. The Morgan fingerprint density at radius 1 is 1.27 bits per heavy atom. The van der Waals surface area contributed by atoms with E-state index in [-0.39, 0.29) is 0 Å². The van der Waals surface area contributed by atoms with Crippen LogP contribution in [0.4, 0.5) is 0 Å². The Morgan fingerprint density at radius 2 is 2.00 bits per heavy atom. The maximum atomic E-state index is 5.49. The van der Waals surface area contributed by atoms with E-state index in [1.54, 1.807) is 11.0 Å². The number of benzene rings is 1. The number of aryl methyl sites for hydroxylation is 1. The van der Waals surface area contributed by atoms with E-state index in [2.05, 4.69) is 22.2 Å². The number of rotatable bonds is 3. The van der Waals surface area contributed by atoms with E-state index < -0.39 is 0 Å². The number of aromatic nitrogens is 3. The average Bonchev–Trinajstić information content (AvgIpc) is 2.67. The number of nitrogens with zero attached hydrogens (tertiary/aromatic N) is 3. The van der Waals surface area contributed by atoms with E-state index in [4.69, 9.17) is 5.73 Å². The van der Waals surface area contributed by atoms with Crippen molar-refractivity contribution in [3.63, 3.8) is 0 Å². The third-order valence-corrected chi connectivity index (χ3v) is 2.24. The summed E-state index contributed by atoms with van der Waals surface area (Å²) < 4.78 is 1.77. The van der Waals surface area contributed by atoms with Crippen LogP contribution in [0.15, 0.2) is 30.6 Å². The predicted molar refractivity (Wildman–Crippen MR) is 58.9 cm³/mol. The second kappa shape index (κ2) is 4.23. The first-order valence-corrected chi connectivity index (χ1v) is 4.97. The Kier molecular flexibility index (Phi) is 2.78. The van der Waals surface area contributed by atoms with Gasteiger partial charge >= 0.3 is 0 Å². The molecule has 0 radical (unpaired) electrons. The summed E-state index contributed by atoms with van der Waals surface area (Å²) in [5.74, 6) is 0.779. The first kappa shape index (κ1) is 9.86. The largest absolute Gasteiger partial charge is 0.330 e. The quantitative estimate of drug-likeness (QED) is 0.810. The van der Waals surface area contributed by atoms with Gasteiger partial charge in [0, 0.05) is 0 Å². The number of hydrogen-bond acceptors (Lipinski definition) is 3. The van der Waals surface area contributed by atoms with Crippen LogP contribution in [0, 0.1) is 6.92 Å². The Morgan fingerprint density at radius 3 is 2.53 bits per heavy atom. The molecule has 2 N–H and O–H groups in total. The van der Waals surface area contributed by atoms with Gasteiger partial charge in [0.05, 0.1) is 5.69 Å². The van der Waals surface area contributed by atoms with Crippen LogP contribution in [-0.2, 0) is 6.42 Å². The van der Waals surface area contributed by atoms with Crippen molar-refractivity contribution in [2.45, 2.75) is 13.3 Å². The van der Waals surface area contributed by atoms with E-state index in [9.17, 15) is 0 Å². The molecule has 0 spiro atoms. The summed E-state index contributed by atoms with van der Waals surface area (Å²) in [5, 5.41) is 4.24. The lowest BCUT2D eigenvalue weighted by atomic mass is 10.1. The molecular formula is C11H14N4. The Hall–Kier alpha value is -1.68. The van der Waals surface area contributed by atoms with Crippen molar-refractivity contribution in [2.75, 3.05) is 6.54 Å². The van der Waals surface area contributed by atoms with E-state index in [0.29, 0.717) is 6.54 Å². The van der Waals surface area contributed by atoms with Crippen molar-refractivity contribution < 1.29 is 0 Å². The average molecular weight is 202 g/mol. The summed E-state index contributed by atoms with van der Waals surface area (Å²) >= 11 is 0. The molecule has 1 aromatic heterocycles. The zero-order valence-electron chi connectivity index (χ0n) is 8.72. The van der Waals surface area contributed by atoms with Gasteiger partial charge < -0.3 is 5.73 Å². The van der Waals surface area contributed by atoms with Gasteiger partial charge in [0.1, 0.15) is 12.2 Å². The monoisotopic (exact) mass is 202 g/mol. The molecule has 1 aromatic carbocycles. The molecule has 0 amide bonds. The zero-order valence-corrected chi connectivity index (χ0v) is 8.72. The number of hydrogen-bond donors (Lipinski definition) is 1. The summed E-state index contributed by atoms with van der Waals surface area (Å²) in [6.45, 7) is 2.56. The fourth-order valence-corrected chi connectivity index (χ4v) is 1.45. The van der Waals surface area contributed by atoms with Gasteiger partial charge in [0.2, 0.25) is 0 Å². The summed E-state index contributed by atoms with van der Waals surface area (Å²) in [4.78, 5) is 4.08. The van der Waals surface area contributed by atoms with Crippen LogP contribution in [0.5, 0.6) is 0 Å². The SMILES string of the molecule is Cc1ncn(-c2ccc(CCN)cc2)n1. The van der Waals surface area contributed by atoms with Gasteiger partial charge in [-0.2, -0.15) is 5.10 Å². The maximum Gasteiger partial charge on any atom is 0.147 e. The van der Waals surface area contributed by atoms with Crippen molar-refractivity contribution in [2.24, 2.45) is 5.73 Å². The van der Waals surface area contributed by atoms with Crippen molar-refractivity contribution in [1.29, 1.82) is 0 Å². The highest BCUT2D eigenvalue weighted by Crippen LogP contribution is 2.08. The summed E-state index contributed by atoms with van der Waals surface area (Å²) in [7, 11) is 0. The lowest BCUT2D eigenvalue weighted by Gasteiger charge is -2.02. The van der Waals surface area contributed by atoms with Gasteiger partial charge in [-0.1, -0.05) is 12.1 Å². The Balaban J connectivity index is 2.23. The van der Waals surface area contributed by atoms with E-state index >= 15 is 0 Å². The standard InChI is InChI=1S/C11H14N4/c1-9-13-8-15(14-9)11-4-2-10(3-5-11)6-7-12/h2-5,8H,6-7,12H2,1H3. The van der Waals surface area contributed by atoms with Crippen molar-refractivity contribution >= 4 is 0 Å². The lowest BCUT2D eigenvalue weighted by molar-refractivity contribution is 0.860. The first-order valence-electron chi connectivity index (χ1n) is 4.97. The van der Waals surface area contributed by atoms with Gasteiger partial charge in [-0.15, -0.1) is 0 Å².